The largest absolute Gasteiger partial charge is 0.469 e. The second kappa shape index (κ2) is 8.82. The maximum atomic E-state index is 12.2. The number of anilines is 1. The zero-order valence-electron chi connectivity index (χ0n) is 13.8. The molecule has 0 aliphatic carbocycles. The molecule has 2 rings (SSSR count). The molecule has 0 fully saturated rings. The third-order valence-corrected chi connectivity index (χ3v) is 3.86. The van der Waals surface area contributed by atoms with E-state index in [2.05, 4.69) is 15.4 Å². The van der Waals surface area contributed by atoms with Crippen molar-refractivity contribution in [3.05, 3.63) is 69.2 Å². The Kier molecular flexibility index (Phi) is 6.51. The fraction of sp³-hybridized carbons (Fsp3) is 0.176. The lowest BCUT2D eigenvalue weighted by molar-refractivity contribution is -0.384. The molecule has 0 aliphatic heterocycles. The molecule has 0 spiro atoms. The van der Waals surface area contributed by atoms with Crippen molar-refractivity contribution in [3.63, 3.8) is 0 Å². The number of rotatable bonds is 6. The van der Waals surface area contributed by atoms with E-state index in [0.29, 0.717) is 16.3 Å². The van der Waals surface area contributed by atoms with Crippen molar-refractivity contribution >= 4 is 35.0 Å². The van der Waals surface area contributed by atoms with Gasteiger partial charge in [-0.1, -0.05) is 29.8 Å². The maximum absolute atomic E-state index is 12.2. The summed E-state index contributed by atoms with van der Waals surface area (Å²) in [5.74, 6) is -0.509. The number of halogens is 1. The molecule has 2 amide bonds. The molecule has 0 saturated heterocycles. The molecule has 1 atom stereocenters. The van der Waals surface area contributed by atoms with E-state index < -0.39 is 23.0 Å². The number of carbonyl (C=O) groups is 2. The number of hydrogen-bond acceptors (Lipinski definition) is 5. The van der Waals surface area contributed by atoms with Gasteiger partial charge in [-0.15, -0.1) is 0 Å². The predicted octanol–water partition coefficient (Wildman–Crippen LogP) is 3.67. The summed E-state index contributed by atoms with van der Waals surface area (Å²) in [5, 5.41) is 16.3. The van der Waals surface area contributed by atoms with Gasteiger partial charge in [0.25, 0.3) is 5.69 Å². The van der Waals surface area contributed by atoms with Crippen LogP contribution in [0.25, 0.3) is 0 Å². The molecule has 8 nitrogen and oxygen atoms in total. The molecule has 0 aromatic heterocycles. The van der Waals surface area contributed by atoms with Gasteiger partial charge in [-0.3, -0.25) is 14.9 Å². The molecule has 0 heterocycles. The molecular formula is C17H16ClN3O5. The predicted molar refractivity (Wildman–Crippen MR) is 96.1 cm³/mol. The van der Waals surface area contributed by atoms with Crippen molar-refractivity contribution in [2.75, 3.05) is 12.4 Å². The van der Waals surface area contributed by atoms with Gasteiger partial charge in [-0.2, -0.15) is 0 Å². The van der Waals surface area contributed by atoms with Crippen LogP contribution in [0.5, 0.6) is 0 Å². The van der Waals surface area contributed by atoms with Crippen LogP contribution in [0.2, 0.25) is 5.02 Å². The van der Waals surface area contributed by atoms with Gasteiger partial charge in [0.05, 0.1) is 24.5 Å². The monoisotopic (exact) mass is 377 g/mol. The van der Waals surface area contributed by atoms with Crippen LogP contribution >= 0.6 is 11.6 Å². The van der Waals surface area contributed by atoms with Crippen molar-refractivity contribution in [2.45, 2.75) is 12.5 Å². The molecule has 0 unspecified atom stereocenters. The number of nitro benzene ring substituents is 1. The van der Waals surface area contributed by atoms with Crippen LogP contribution in [0.15, 0.2) is 48.5 Å². The number of benzene rings is 2. The van der Waals surface area contributed by atoms with E-state index in [1.165, 1.54) is 31.4 Å². The highest BCUT2D eigenvalue weighted by Crippen LogP contribution is 2.25. The van der Waals surface area contributed by atoms with Gasteiger partial charge >= 0.3 is 12.0 Å². The van der Waals surface area contributed by atoms with Crippen molar-refractivity contribution in [1.29, 1.82) is 0 Å². The Morgan fingerprint density at radius 2 is 1.85 bits per heavy atom. The fourth-order valence-electron chi connectivity index (χ4n) is 2.24. The van der Waals surface area contributed by atoms with Crippen LogP contribution in [0.4, 0.5) is 16.2 Å². The molecule has 0 saturated carbocycles. The van der Waals surface area contributed by atoms with E-state index in [4.69, 9.17) is 11.6 Å². The third kappa shape index (κ3) is 5.18. The zero-order valence-corrected chi connectivity index (χ0v) is 14.5. The third-order valence-electron chi connectivity index (χ3n) is 3.52. The van der Waals surface area contributed by atoms with E-state index in [-0.39, 0.29) is 12.1 Å². The topological polar surface area (TPSA) is 111 Å². The molecule has 9 heteroatoms. The zero-order chi connectivity index (χ0) is 19.1. The average Bonchev–Trinajstić information content (AvgIpc) is 2.61. The summed E-state index contributed by atoms with van der Waals surface area (Å²) in [6, 6.07) is 10.9. The standard InChI is InChI=1S/C17H16ClN3O5/c1-26-16(22)10-15(13-4-2-3-5-14(13)18)20-17(23)19-11-6-8-12(9-7-11)21(24)25/h2-9,15H,10H2,1H3,(H2,19,20,23)/t15-/m1/s1. The van der Waals surface area contributed by atoms with E-state index >= 15 is 0 Å². The van der Waals surface area contributed by atoms with Gasteiger partial charge in [0.15, 0.2) is 0 Å². The van der Waals surface area contributed by atoms with Crippen LogP contribution in [-0.4, -0.2) is 24.0 Å². The summed E-state index contributed by atoms with van der Waals surface area (Å²) < 4.78 is 4.66. The Morgan fingerprint density at radius 3 is 2.42 bits per heavy atom. The molecule has 0 radical (unpaired) electrons. The Labute approximate surface area is 154 Å². The summed E-state index contributed by atoms with van der Waals surface area (Å²) in [4.78, 5) is 34.0. The maximum Gasteiger partial charge on any atom is 0.319 e. The summed E-state index contributed by atoms with van der Waals surface area (Å²) >= 11 is 6.15. The number of nitro groups is 1. The lowest BCUT2D eigenvalue weighted by atomic mass is 10.0. The van der Waals surface area contributed by atoms with Gasteiger partial charge in [0.1, 0.15) is 0 Å². The number of urea groups is 1. The normalized spacial score (nSPS) is 11.3. The summed E-state index contributed by atoms with van der Waals surface area (Å²) in [6.07, 6.45) is -0.103. The van der Waals surface area contributed by atoms with Gasteiger partial charge < -0.3 is 15.4 Å². The Bertz CT molecular complexity index is 810. The highest BCUT2D eigenvalue weighted by molar-refractivity contribution is 6.31. The van der Waals surface area contributed by atoms with E-state index in [9.17, 15) is 19.7 Å². The van der Waals surface area contributed by atoms with Gasteiger partial charge in [-0.05, 0) is 23.8 Å². The first-order valence-corrected chi connectivity index (χ1v) is 7.91. The number of nitrogens with one attached hydrogen (secondary N) is 2. The lowest BCUT2D eigenvalue weighted by Gasteiger charge is -2.19. The van der Waals surface area contributed by atoms with Crippen LogP contribution in [0, 0.1) is 10.1 Å². The molecule has 2 N–H and O–H groups in total. The number of hydrogen-bond donors (Lipinski definition) is 2. The van der Waals surface area contributed by atoms with Crippen molar-refractivity contribution < 1.29 is 19.2 Å². The van der Waals surface area contributed by atoms with Gasteiger partial charge in [-0.25, -0.2) is 4.79 Å². The minimum atomic E-state index is -0.700. The van der Waals surface area contributed by atoms with Gasteiger partial charge in [0, 0.05) is 22.8 Å². The number of non-ortho nitro benzene ring substituents is 1. The second-order valence-electron chi connectivity index (χ2n) is 5.26. The minimum Gasteiger partial charge on any atom is -0.469 e. The lowest BCUT2D eigenvalue weighted by Crippen LogP contribution is -2.34. The summed E-state index contributed by atoms with van der Waals surface area (Å²) in [6.45, 7) is 0. The first-order valence-electron chi connectivity index (χ1n) is 7.54. The molecule has 26 heavy (non-hydrogen) atoms. The Balaban J connectivity index is 2.11. The van der Waals surface area contributed by atoms with E-state index in [1.54, 1.807) is 24.3 Å². The quantitative estimate of drug-likeness (QED) is 0.453. The number of ether oxygens (including phenoxy) is 1. The first kappa shape index (κ1) is 19.2. The molecule has 0 aliphatic rings. The number of amides is 2. The number of methoxy groups -OCH3 is 1. The SMILES string of the molecule is COC(=O)C[C@@H](NC(=O)Nc1ccc([N+](=O)[O-])cc1)c1ccccc1Cl. The number of nitrogens with zero attached hydrogens (tertiary/aromatic N) is 1. The minimum absolute atomic E-state index is 0.0874. The van der Waals surface area contributed by atoms with Crippen LogP contribution in [0.1, 0.15) is 18.0 Å². The van der Waals surface area contributed by atoms with Crippen molar-refractivity contribution in [1.82, 2.24) is 5.32 Å². The highest BCUT2D eigenvalue weighted by Gasteiger charge is 2.21. The van der Waals surface area contributed by atoms with Crippen molar-refractivity contribution in [3.8, 4) is 0 Å². The second-order valence-corrected chi connectivity index (χ2v) is 5.66. The highest BCUT2D eigenvalue weighted by atomic mass is 35.5. The first-order chi connectivity index (χ1) is 12.4. The molecule has 2 aromatic rings. The molecule has 0 bridgehead atoms. The molecule has 2 aromatic carbocycles. The summed E-state index contributed by atoms with van der Waals surface area (Å²) in [5.41, 5.74) is 0.845. The average molecular weight is 378 g/mol. The number of esters is 1. The van der Waals surface area contributed by atoms with Gasteiger partial charge in [0.2, 0.25) is 0 Å². The fourth-order valence-corrected chi connectivity index (χ4v) is 2.51. The van der Waals surface area contributed by atoms with Crippen LogP contribution in [-0.2, 0) is 9.53 Å². The van der Waals surface area contributed by atoms with E-state index in [0.717, 1.165) is 0 Å². The molecule has 136 valence electrons. The van der Waals surface area contributed by atoms with Crippen LogP contribution < -0.4 is 10.6 Å². The Morgan fingerprint density at radius 1 is 1.19 bits per heavy atom. The van der Waals surface area contributed by atoms with Crippen molar-refractivity contribution in [2.24, 2.45) is 0 Å². The Hall–Kier alpha value is -3.13. The smallest absolute Gasteiger partial charge is 0.319 e. The summed E-state index contributed by atoms with van der Waals surface area (Å²) in [7, 11) is 1.25. The van der Waals surface area contributed by atoms with E-state index in [1.807, 2.05) is 0 Å². The van der Waals surface area contributed by atoms with Crippen LogP contribution in [0.3, 0.4) is 0 Å². The molecular weight excluding hydrogens is 362 g/mol. The number of carbonyl (C=O) groups excluding carboxylic acids is 2.